The highest BCUT2D eigenvalue weighted by molar-refractivity contribution is 7.89. The molecule has 1 aromatic heterocycles. The summed E-state index contributed by atoms with van der Waals surface area (Å²) >= 11 is 0. The van der Waals surface area contributed by atoms with E-state index in [1.54, 1.807) is 30.3 Å². The van der Waals surface area contributed by atoms with Crippen LogP contribution in [-0.4, -0.2) is 55.1 Å². The Morgan fingerprint density at radius 1 is 0.938 bits per heavy atom. The van der Waals surface area contributed by atoms with Gasteiger partial charge in [0.2, 0.25) is 15.9 Å². The zero-order valence-electron chi connectivity index (χ0n) is 18.0. The van der Waals surface area contributed by atoms with E-state index in [0.29, 0.717) is 31.7 Å². The number of hydrogen-bond acceptors (Lipinski definition) is 5. The van der Waals surface area contributed by atoms with E-state index in [4.69, 9.17) is 4.42 Å². The number of likely N-dealkylation sites (tertiary alicyclic amines) is 1. The van der Waals surface area contributed by atoms with Gasteiger partial charge in [0.05, 0.1) is 11.2 Å². The topological polar surface area (TPSA) is 99.9 Å². The summed E-state index contributed by atoms with van der Waals surface area (Å²) in [4.78, 5) is 27.6. The molecule has 9 heteroatoms. The van der Waals surface area contributed by atoms with Crippen LogP contribution >= 0.6 is 0 Å². The molecule has 1 atom stereocenters. The molecule has 0 spiro atoms. The first-order chi connectivity index (χ1) is 15.5. The maximum Gasteiger partial charge on any atom is 0.290 e. The van der Waals surface area contributed by atoms with Gasteiger partial charge in [-0.1, -0.05) is 18.9 Å². The van der Waals surface area contributed by atoms with E-state index >= 15 is 0 Å². The molecule has 2 aliphatic heterocycles. The summed E-state index contributed by atoms with van der Waals surface area (Å²) in [6.45, 7) is 1.51. The van der Waals surface area contributed by atoms with Crippen molar-refractivity contribution in [3.8, 4) is 0 Å². The Balaban J connectivity index is 1.50. The minimum absolute atomic E-state index is 0.171. The smallest absolute Gasteiger partial charge is 0.290 e. The van der Waals surface area contributed by atoms with E-state index in [0.717, 1.165) is 38.5 Å². The number of carbonyl (C=O) groups is 2. The lowest BCUT2D eigenvalue weighted by molar-refractivity contribution is -0.121. The molecule has 2 aliphatic rings. The summed E-state index contributed by atoms with van der Waals surface area (Å²) in [7, 11) is -3.62. The van der Waals surface area contributed by atoms with Crippen LogP contribution in [0, 0.1) is 0 Å². The highest BCUT2D eigenvalue weighted by Crippen LogP contribution is 2.25. The molecule has 4 rings (SSSR count). The predicted molar refractivity (Wildman–Crippen MR) is 120 cm³/mol. The van der Waals surface area contributed by atoms with Crippen LogP contribution in [0.4, 0.5) is 5.69 Å². The summed E-state index contributed by atoms with van der Waals surface area (Å²) in [5, 5.41) is 2.82. The largest absolute Gasteiger partial charge is 0.459 e. The molecule has 8 nitrogen and oxygen atoms in total. The van der Waals surface area contributed by atoms with Gasteiger partial charge in [0.25, 0.3) is 5.91 Å². The molecule has 0 aliphatic carbocycles. The van der Waals surface area contributed by atoms with Crippen LogP contribution in [0.2, 0.25) is 0 Å². The Morgan fingerprint density at radius 2 is 1.69 bits per heavy atom. The molecule has 1 aromatic carbocycles. The number of piperidine rings is 1. The van der Waals surface area contributed by atoms with Crippen molar-refractivity contribution >= 4 is 27.5 Å². The lowest BCUT2D eigenvalue weighted by Crippen LogP contribution is -2.49. The van der Waals surface area contributed by atoms with Gasteiger partial charge in [0.1, 0.15) is 6.04 Å². The molecule has 2 fully saturated rings. The second-order valence-corrected chi connectivity index (χ2v) is 10.3. The van der Waals surface area contributed by atoms with Gasteiger partial charge in [-0.15, -0.1) is 0 Å². The van der Waals surface area contributed by atoms with E-state index in [-0.39, 0.29) is 22.5 Å². The van der Waals surface area contributed by atoms with Crippen LogP contribution in [-0.2, 0) is 14.8 Å². The Bertz CT molecular complexity index is 1040. The van der Waals surface area contributed by atoms with Gasteiger partial charge in [-0.05, 0) is 62.4 Å². The first kappa shape index (κ1) is 22.5. The average molecular weight is 460 g/mol. The summed E-state index contributed by atoms with van der Waals surface area (Å²) in [6, 6.07) is 8.95. The Morgan fingerprint density at radius 3 is 2.41 bits per heavy atom. The third-order valence-corrected chi connectivity index (χ3v) is 8.00. The number of anilines is 1. The van der Waals surface area contributed by atoms with E-state index in [9.17, 15) is 18.0 Å². The number of hydrogen-bond donors (Lipinski definition) is 1. The third-order valence-electron chi connectivity index (χ3n) is 6.10. The van der Waals surface area contributed by atoms with E-state index in [1.807, 2.05) is 0 Å². The first-order valence-electron chi connectivity index (χ1n) is 11.2. The molecule has 32 heavy (non-hydrogen) atoms. The molecular formula is C23H29N3O5S. The van der Waals surface area contributed by atoms with Crippen LogP contribution in [0.5, 0.6) is 0 Å². The lowest BCUT2D eigenvalue weighted by Gasteiger charge is -2.34. The minimum Gasteiger partial charge on any atom is -0.459 e. The zero-order chi connectivity index (χ0) is 22.6. The van der Waals surface area contributed by atoms with E-state index in [2.05, 4.69) is 5.32 Å². The van der Waals surface area contributed by atoms with Crippen molar-refractivity contribution in [3.05, 3.63) is 48.4 Å². The summed E-state index contributed by atoms with van der Waals surface area (Å²) in [5.74, 6) is -0.434. The zero-order valence-corrected chi connectivity index (χ0v) is 18.9. The second kappa shape index (κ2) is 9.87. The van der Waals surface area contributed by atoms with Crippen molar-refractivity contribution < 1.29 is 22.4 Å². The molecule has 0 saturated carbocycles. The number of nitrogens with zero attached hydrogens (tertiary/aromatic N) is 2. The molecule has 172 valence electrons. The van der Waals surface area contributed by atoms with E-state index in [1.165, 1.54) is 21.5 Å². The molecule has 0 radical (unpaired) electrons. The fraction of sp³-hybridized carbons (Fsp3) is 0.478. The molecule has 2 aromatic rings. The molecule has 0 bridgehead atoms. The quantitative estimate of drug-likeness (QED) is 0.738. The van der Waals surface area contributed by atoms with Crippen molar-refractivity contribution in [2.45, 2.75) is 55.9 Å². The lowest BCUT2D eigenvalue weighted by atomic mass is 10.0. The molecule has 1 unspecified atom stereocenters. The van der Waals surface area contributed by atoms with Crippen LogP contribution in [0.25, 0.3) is 0 Å². The predicted octanol–water partition coefficient (Wildman–Crippen LogP) is 3.48. The Kier molecular flexibility index (Phi) is 6.95. The summed E-state index contributed by atoms with van der Waals surface area (Å²) in [6.07, 6.45) is 7.43. The number of sulfonamides is 1. The van der Waals surface area contributed by atoms with Gasteiger partial charge in [0, 0.05) is 25.3 Å². The molecule has 3 heterocycles. The number of furan rings is 1. The van der Waals surface area contributed by atoms with Gasteiger partial charge in [-0.3, -0.25) is 9.59 Å². The van der Waals surface area contributed by atoms with Crippen molar-refractivity contribution in [1.29, 1.82) is 0 Å². The molecule has 2 saturated heterocycles. The van der Waals surface area contributed by atoms with Crippen LogP contribution < -0.4 is 5.32 Å². The standard InChI is InChI=1S/C23H29N3O5S/c27-22(20-11-3-6-15-26(20)23(28)21-12-8-16-31-21)24-18-9-7-10-19(17-18)32(29,30)25-13-4-1-2-5-14-25/h7-10,12,16-17,20H,1-6,11,13-15H2,(H,24,27). The number of rotatable bonds is 5. The number of carbonyl (C=O) groups excluding carboxylic acids is 2. The van der Waals surface area contributed by atoms with Gasteiger partial charge in [-0.2, -0.15) is 4.31 Å². The first-order valence-corrected chi connectivity index (χ1v) is 12.7. The highest BCUT2D eigenvalue weighted by atomic mass is 32.2. The maximum absolute atomic E-state index is 13.1. The SMILES string of the molecule is O=C(Nc1cccc(S(=O)(=O)N2CCCCCC2)c1)C1CCCCN1C(=O)c1ccco1. The molecule has 2 amide bonds. The van der Waals surface area contributed by atoms with Crippen LogP contribution in [0.1, 0.15) is 55.5 Å². The fourth-order valence-corrected chi connectivity index (χ4v) is 5.94. The van der Waals surface area contributed by atoms with E-state index < -0.39 is 16.1 Å². The van der Waals surface area contributed by atoms with Gasteiger partial charge in [-0.25, -0.2) is 8.42 Å². The maximum atomic E-state index is 13.1. The van der Waals surface area contributed by atoms with Crippen molar-refractivity contribution in [2.24, 2.45) is 0 Å². The average Bonchev–Trinajstić information content (AvgIpc) is 3.20. The van der Waals surface area contributed by atoms with Gasteiger partial charge in [0.15, 0.2) is 5.76 Å². The summed E-state index contributed by atoms with van der Waals surface area (Å²) < 4.78 is 33.0. The fourth-order valence-electron chi connectivity index (χ4n) is 4.38. The van der Waals surface area contributed by atoms with Crippen molar-refractivity contribution in [1.82, 2.24) is 9.21 Å². The minimum atomic E-state index is -3.62. The Labute approximate surface area is 188 Å². The monoisotopic (exact) mass is 459 g/mol. The van der Waals surface area contributed by atoms with Crippen LogP contribution in [0.3, 0.4) is 0 Å². The van der Waals surface area contributed by atoms with Crippen LogP contribution in [0.15, 0.2) is 52.0 Å². The van der Waals surface area contributed by atoms with Gasteiger partial charge >= 0.3 is 0 Å². The number of amides is 2. The number of benzene rings is 1. The third kappa shape index (κ3) is 4.88. The second-order valence-electron chi connectivity index (χ2n) is 8.32. The van der Waals surface area contributed by atoms with Crippen molar-refractivity contribution in [2.75, 3.05) is 25.0 Å². The Hall–Kier alpha value is -2.65. The van der Waals surface area contributed by atoms with Gasteiger partial charge < -0.3 is 14.6 Å². The molecular weight excluding hydrogens is 430 g/mol. The van der Waals surface area contributed by atoms with Crippen molar-refractivity contribution in [3.63, 3.8) is 0 Å². The highest BCUT2D eigenvalue weighted by Gasteiger charge is 2.34. The normalized spacial score (nSPS) is 20.5. The summed E-state index contributed by atoms with van der Waals surface area (Å²) in [5.41, 5.74) is 0.405. The number of nitrogens with one attached hydrogen (secondary N) is 1. The molecule has 1 N–H and O–H groups in total.